The molecule has 0 spiro atoms. The van der Waals surface area contributed by atoms with Crippen molar-refractivity contribution in [3.63, 3.8) is 0 Å². The van der Waals surface area contributed by atoms with Crippen molar-refractivity contribution in [2.24, 2.45) is 5.92 Å². The first kappa shape index (κ1) is 17.5. The Balaban J connectivity index is 1.69. The van der Waals surface area contributed by atoms with E-state index in [4.69, 9.17) is 32.9 Å². The lowest BCUT2D eigenvalue weighted by molar-refractivity contribution is -0.148. The van der Waals surface area contributed by atoms with Crippen LogP contribution in [0.3, 0.4) is 0 Å². The molecular weight excluding hydrogens is 367 g/mol. The third kappa shape index (κ3) is 3.68. The van der Waals surface area contributed by atoms with Crippen molar-refractivity contribution in [2.75, 3.05) is 24.6 Å². The lowest BCUT2D eigenvalue weighted by atomic mass is 9.97. The summed E-state index contributed by atoms with van der Waals surface area (Å²) in [6.07, 6.45) is 1.59. The van der Waals surface area contributed by atoms with Crippen molar-refractivity contribution in [3.8, 4) is 11.3 Å². The van der Waals surface area contributed by atoms with Gasteiger partial charge in [-0.2, -0.15) is 0 Å². The highest BCUT2D eigenvalue weighted by Gasteiger charge is 2.27. The Morgan fingerprint density at radius 3 is 2.83 bits per heavy atom. The molecule has 0 radical (unpaired) electrons. The Morgan fingerprint density at radius 2 is 2.12 bits per heavy atom. The first-order valence-corrected chi connectivity index (χ1v) is 9.55. The van der Waals surface area contributed by atoms with E-state index in [2.05, 4.69) is 4.90 Å². The van der Waals surface area contributed by atoms with Gasteiger partial charge in [0.05, 0.1) is 28.3 Å². The summed E-state index contributed by atoms with van der Waals surface area (Å²) in [5, 5.41) is 3.99. The molecule has 1 fully saturated rings. The van der Waals surface area contributed by atoms with Crippen LogP contribution in [-0.4, -0.2) is 30.6 Å². The summed E-state index contributed by atoms with van der Waals surface area (Å²) in [4.78, 5) is 18.7. The normalized spacial score (nSPS) is 15.5. The molecule has 1 aliphatic rings. The number of halogens is 2. The van der Waals surface area contributed by atoms with E-state index in [0.29, 0.717) is 16.7 Å². The number of hydrogen-bond donors (Lipinski definition) is 0. The molecule has 24 heavy (non-hydrogen) atoms. The molecule has 4 nitrogen and oxygen atoms in total. The Kier molecular flexibility index (Phi) is 5.64. The Labute approximate surface area is 155 Å². The summed E-state index contributed by atoms with van der Waals surface area (Å²) >= 11 is 13.9. The molecule has 0 atom stereocenters. The van der Waals surface area contributed by atoms with Gasteiger partial charge in [-0.15, -0.1) is 11.3 Å². The number of anilines is 1. The number of piperidine rings is 1. The van der Waals surface area contributed by atoms with Crippen LogP contribution in [-0.2, 0) is 9.53 Å². The number of ether oxygens (including phenoxy) is 1. The van der Waals surface area contributed by atoms with Gasteiger partial charge < -0.3 is 9.64 Å². The number of carbonyl (C=O) groups is 1. The number of carbonyl (C=O) groups excluding carboxylic acids is 1. The van der Waals surface area contributed by atoms with E-state index >= 15 is 0 Å². The van der Waals surface area contributed by atoms with E-state index in [0.717, 1.165) is 42.3 Å². The molecular formula is C17H18Cl2N2O2S. The Morgan fingerprint density at radius 1 is 1.38 bits per heavy atom. The van der Waals surface area contributed by atoms with Crippen LogP contribution in [0.2, 0.25) is 10.0 Å². The third-order valence-electron chi connectivity index (χ3n) is 4.11. The third-order valence-corrected chi connectivity index (χ3v) is 5.83. The number of nitrogens with zero attached hydrogens (tertiary/aromatic N) is 2. The van der Waals surface area contributed by atoms with Gasteiger partial charge >= 0.3 is 5.97 Å². The van der Waals surface area contributed by atoms with E-state index in [1.807, 2.05) is 24.4 Å². The fourth-order valence-electron chi connectivity index (χ4n) is 2.80. The maximum Gasteiger partial charge on any atom is 0.309 e. The lowest BCUT2D eigenvalue weighted by Crippen LogP contribution is -2.36. The van der Waals surface area contributed by atoms with Crippen molar-refractivity contribution in [1.82, 2.24) is 4.98 Å². The second-order valence-corrected chi connectivity index (χ2v) is 7.25. The second kappa shape index (κ2) is 7.72. The summed E-state index contributed by atoms with van der Waals surface area (Å²) in [7, 11) is 0. The van der Waals surface area contributed by atoms with E-state index < -0.39 is 0 Å². The van der Waals surface area contributed by atoms with Crippen LogP contribution in [0.5, 0.6) is 0 Å². The van der Waals surface area contributed by atoms with Crippen LogP contribution in [0.15, 0.2) is 23.6 Å². The molecule has 0 bridgehead atoms. The largest absolute Gasteiger partial charge is 0.466 e. The summed E-state index contributed by atoms with van der Waals surface area (Å²) < 4.78 is 5.11. The van der Waals surface area contributed by atoms with Gasteiger partial charge in [-0.25, -0.2) is 4.98 Å². The van der Waals surface area contributed by atoms with Gasteiger partial charge in [-0.05, 0) is 25.8 Å². The van der Waals surface area contributed by atoms with Crippen molar-refractivity contribution < 1.29 is 9.53 Å². The molecule has 0 unspecified atom stereocenters. The highest BCUT2D eigenvalue weighted by molar-refractivity contribution is 7.14. The minimum absolute atomic E-state index is 0.00278. The zero-order chi connectivity index (χ0) is 17.1. The fraction of sp³-hybridized carbons (Fsp3) is 0.412. The number of aromatic nitrogens is 1. The smallest absolute Gasteiger partial charge is 0.309 e. The van der Waals surface area contributed by atoms with Crippen LogP contribution in [0.25, 0.3) is 11.3 Å². The van der Waals surface area contributed by atoms with E-state index in [1.165, 1.54) is 0 Å². The Hall–Kier alpha value is -1.30. The zero-order valence-corrected chi connectivity index (χ0v) is 15.6. The van der Waals surface area contributed by atoms with Gasteiger partial charge in [-0.1, -0.05) is 35.3 Å². The molecule has 1 aromatic heterocycles. The van der Waals surface area contributed by atoms with Gasteiger partial charge in [0.15, 0.2) is 5.13 Å². The van der Waals surface area contributed by atoms with Gasteiger partial charge in [0.25, 0.3) is 0 Å². The van der Waals surface area contributed by atoms with Crippen molar-refractivity contribution >= 4 is 45.6 Å². The fourth-order valence-corrected chi connectivity index (χ4v) is 4.08. The standard InChI is InChI=1S/C17H18Cl2N2O2S/c1-2-23-16(22)11-6-8-21(9-7-11)17-20-14(10-24-17)12-4-3-5-13(18)15(12)19/h3-5,10-11H,2,6-9H2,1H3. The molecule has 128 valence electrons. The summed E-state index contributed by atoms with van der Waals surface area (Å²) in [6.45, 7) is 3.89. The summed E-state index contributed by atoms with van der Waals surface area (Å²) in [6, 6.07) is 5.55. The first-order valence-electron chi connectivity index (χ1n) is 7.91. The molecule has 3 rings (SSSR count). The molecule has 2 aromatic rings. The highest BCUT2D eigenvalue weighted by Crippen LogP contribution is 2.36. The van der Waals surface area contributed by atoms with Crippen molar-refractivity contribution in [2.45, 2.75) is 19.8 Å². The molecule has 1 saturated heterocycles. The van der Waals surface area contributed by atoms with Gasteiger partial charge in [0.2, 0.25) is 0 Å². The van der Waals surface area contributed by atoms with E-state index in [9.17, 15) is 4.79 Å². The molecule has 0 N–H and O–H groups in total. The van der Waals surface area contributed by atoms with Gasteiger partial charge in [0.1, 0.15) is 0 Å². The molecule has 0 aliphatic carbocycles. The van der Waals surface area contributed by atoms with E-state index in [1.54, 1.807) is 17.4 Å². The van der Waals surface area contributed by atoms with Crippen LogP contribution in [0.1, 0.15) is 19.8 Å². The predicted octanol–water partition coefficient (Wildman–Crippen LogP) is 4.90. The first-order chi connectivity index (χ1) is 11.6. The molecule has 1 aliphatic heterocycles. The lowest BCUT2D eigenvalue weighted by Gasteiger charge is -2.30. The number of hydrogen-bond acceptors (Lipinski definition) is 5. The summed E-state index contributed by atoms with van der Waals surface area (Å²) in [5.41, 5.74) is 1.67. The maximum absolute atomic E-state index is 11.8. The number of rotatable bonds is 4. The average Bonchev–Trinajstić information content (AvgIpc) is 3.07. The topological polar surface area (TPSA) is 42.4 Å². The van der Waals surface area contributed by atoms with Crippen molar-refractivity contribution in [1.29, 1.82) is 0 Å². The minimum atomic E-state index is -0.0808. The van der Waals surface area contributed by atoms with E-state index in [-0.39, 0.29) is 11.9 Å². The van der Waals surface area contributed by atoms with Crippen LogP contribution in [0.4, 0.5) is 5.13 Å². The van der Waals surface area contributed by atoms with Crippen LogP contribution >= 0.6 is 34.5 Å². The van der Waals surface area contributed by atoms with Gasteiger partial charge in [0, 0.05) is 24.0 Å². The Bertz CT molecular complexity index is 727. The number of thiazole rings is 1. The molecule has 7 heteroatoms. The average molecular weight is 385 g/mol. The molecule has 0 amide bonds. The van der Waals surface area contributed by atoms with Gasteiger partial charge in [-0.3, -0.25) is 4.79 Å². The second-order valence-electron chi connectivity index (χ2n) is 5.63. The highest BCUT2D eigenvalue weighted by atomic mass is 35.5. The summed E-state index contributed by atoms with van der Waals surface area (Å²) in [5.74, 6) is -0.0781. The monoisotopic (exact) mass is 384 g/mol. The number of benzene rings is 1. The quantitative estimate of drug-likeness (QED) is 0.703. The maximum atomic E-state index is 11.8. The number of esters is 1. The van der Waals surface area contributed by atoms with Crippen LogP contribution < -0.4 is 4.90 Å². The van der Waals surface area contributed by atoms with Crippen LogP contribution in [0, 0.1) is 5.92 Å². The SMILES string of the molecule is CCOC(=O)C1CCN(c2nc(-c3cccc(Cl)c3Cl)cs2)CC1. The zero-order valence-electron chi connectivity index (χ0n) is 13.3. The molecule has 0 saturated carbocycles. The van der Waals surface area contributed by atoms with Crippen molar-refractivity contribution in [3.05, 3.63) is 33.6 Å². The molecule has 2 heterocycles. The molecule has 1 aromatic carbocycles. The predicted molar refractivity (Wildman–Crippen MR) is 99.1 cm³/mol. The minimum Gasteiger partial charge on any atom is -0.466 e.